The van der Waals surface area contributed by atoms with Crippen molar-refractivity contribution in [3.63, 3.8) is 0 Å². The first-order chi connectivity index (χ1) is 18.1. The van der Waals surface area contributed by atoms with Crippen molar-refractivity contribution in [2.45, 2.75) is 44.7 Å². The van der Waals surface area contributed by atoms with Crippen LogP contribution in [0.1, 0.15) is 31.4 Å². The molecule has 0 fully saturated rings. The number of hydrogen-bond acceptors (Lipinski definition) is 4. The molecule has 3 aromatic rings. The number of amides is 2. The number of nitrogens with zero attached hydrogens (tertiary/aromatic N) is 2. The van der Waals surface area contributed by atoms with E-state index in [0.717, 1.165) is 21.9 Å². The Bertz CT molecular complexity index is 1380. The van der Waals surface area contributed by atoms with E-state index in [1.54, 1.807) is 31.2 Å². The summed E-state index contributed by atoms with van der Waals surface area (Å²) in [7, 11) is -4.22. The molecule has 0 bridgehead atoms. The summed E-state index contributed by atoms with van der Waals surface area (Å²) >= 11 is 12.7. The van der Waals surface area contributed by atoms with E-state index >= 15 is 0 Å². The molecular formula is C28H31Cl2N3O4S. The average molecular weight is 577 g/mol. The highest BCUT2D eigenvalue weighted by molar-refractivity contribution is 7.92. The minimum absolute atomic E-state index is 0.000615. The van der Waals surface area contributed by atoms with Gasteiger partial charge in [-0.25, -0.2) is 8.42 Å². The molecule has 0 spiro atoms. The summed E-state index contributed by atoms with van der Waals surface area (Å²) in [5.74, 6) is -0.894. The lowest BCUT2D eigenvalue weighted by molar-refractivity contribution is -0.139. The van der Waals surface area contributed by atoms with Gasteiger partial charge in [0, 0.05) is 13.1 Å². The molecule has 0 aliphatic rings. The minimum Gasteiger partial charge on any atom is -0.354 e. The number of hydrogen-bond donors (Lipinski definition) is 1. The van der Waals surface area contributed by atoms with Crippen LogP contribution in [-0.2, 0) is 26.2 Å². The van der Waals surface area contributed by atoms with E-state index in [0.29, 0.717) is 6.54 Å². The first-order valence-corrected chi connectivity index (χ1v) is 14.4. The second-order valence-electron chi connectivity index (χ2n) is 8.81. The topological polar surface area (TPSA) is 86.8 Å². The summed E-state index contributed by atoms with van der Waals surface area (Å²) in [5, 5.41) is 2.97. The van der Waals surface area contributed by atoms with Crippen molar-refractivity contribution in [1.82, 2.24) is 10.2 Å². The van der Waals surface area contributed by atoms with Crippen LogP contribution < -0.4 is 9.62 Å². The van der Waals surface area contributed by atoms with E-state index in [1.807, 2.05) is 38.1 Å². The molecular weight excluding hydrogens is 545 g/mol. The van der Waals surface area contributed by atoms with Crippen LogP contribution in [0.3, 0.4) is 0 Å². The third-order valence-electron chi connectivity index (χ3n) is 6.13. The number of nitrogens with one attached hydrogen (secondary N) is 1. The van der Waals surface area contributed by atoms with Crippen LogP contribution in [0.15, 0.2) is 77.7 Å². The number of halogens is 2. The summed E-state index contributed by atoms with van der Waals surface area (Å²) in [4.78, 5) is 28.2. The predicted molar refractivity (Wildman–Crippen MR) is 152 cm³/mol. The number of anilines is 1. The number of aryl methyl sites for hydroxylation is 1. The molecule has 0 saturated carbocycles. The van der Waals surface area contributed by atoms with Gasteiger partial charge in [-0.05, 0) is 55.7 Å². The third kappa shape index (κ3) is 6.87. The lowest BCUT2D eigenvalue weighted by atomic mass is 10.1. The van der Waals surface area contributed by atoms with Crippen molar-refractivity contribution in [3.05, 3.63) is 94.0 Å². The zero-order valence-electron chi connectivity index (χ0n) is 21.5. The van der Waals surface area contributed by atoms with Gasteiger partial charge in [0.25, 0.3) is 10.0 Å². The van der Waals surface area contributed by atoms with Crippen molar-refractivity contribution in [1.29, 1.82) is 0 Å². The van der Waals surface area contributed by atoms with Gasteiger partial charge in [0.1, 0.15) is 12.6 Å². The first kappa shape index (κ1) is 29.5. The van der Waals surface area contributed by atoms with Gasteiger partial charge in [-0.15, -0.1) is 0 Å². The van der Waals surface area contributed by atoms with Gasteiger partial charge in [-0.2, -0.15) is 0 Å². The molecule has 7 nitrogen and oxygen atoms in total. The monoisotopic (exact) mass is 575 g/mol. The maximum absolute atomic E-state index is 13.9. The van der Waals surface area contributed by atoms with E-state index in [-0.39, 0.29) is 33.1 Å². The van der Waals surface area contributed by atoms with Gasteiger partial charge in [0.15, 0.2) is 0 Å². The predicted octanol–water partition coefficient (Wildman–Crippen LogP) is 5.44. The fraction of sp³-hybridized carbons (Fsp3) is 0.286. The molecule has 0 aliphatic carbocycles. The Hall–Kier alpha value is -3.07. The number of sulfonamides is 1. The number of carbonyl (C=O) groups is 2. The third-order valence-corrected chi connectivity index (χ3v) is 8.71. The van der Waals surface area contributed by atoms with Crippen molar-refractivity contribution in [3.8, 4) is 0 Å². The van der Waals surface area contributed by atoms with Crippen molar-refractivity contribution < 1.29 is 18.0 Å². The van der Waals surface area contributed by atoms with Crippen molar-refractivity contribution in [2.24, 2.45) is 0 Å². The Balaban J connectivity index is 2.06. The van der Waals surface area contributed by atoms with Crippen molar-refractivity contribution >= 4 is 50.7 Å². The minimum atomic E-state index is -4.22. The fourth-order valence-electron chi connectivity index (χ4n) is 3.87. The Morgan fingerprint density at radius 3 is 2.26 bits per heavy atom. The molecule has 0 saturated heterocycles. The van der Waals surface area contributed by atoms with Crippen LogP contribution in [0.25, 0.3) is 0 Å². The van der Waals surface area contributed by atoms with Crippen LogP contribution >= 0.6 is 23.2 Å². The quantitative estimate of drug-likeness (QED) is 0.330. The Labute approximate surface area is 234 Å². The summed E-state index contributed by atoms with van der Waals surface area (Å²) < 4.78 is 28.5. The molecule has 1 atom stereocenters. The molecule has 38 heavy (non-hydrogen) atoms. The smallest absolute Gasteiger partial charge is 0.264 e. The highest BCUT2D eigenvalue weighted by atomic mass is 35.5. The lowest BCUT2D eigenvalue weighted by Crippen LogP contribution is -2.51. The molecule has 0 aromatic heterocycles. The van der Waals surface area contributed by atoms with E-state index in [2.05, 4.69) is 5.32 Å². The average Bonchev–Trinajstić information content (AvgIpc) is 2.91. The number of rotatable bonds is 11. The highest BCUT2D eigenvalue weighted by Gasteiger charge is 2.33. The van der Waals surface area contributed by atoms with E-state index in [9.17, 15) is 18.0 Å². The second kappa shape index (κ2) is 13.1. The first-order valence-electron chi connectivity index (χ1n) is 12.2. The normalized spacial score (nSPS) is 12.0. The fourth-order valence-corrected chi connectivity index (χ4v) is 5.76. The molecule has 3 rings (SSSR count). The molecule has 10 heteroatoms. The molecule has 2 amide bonds. The van der Waals surface area contributed by atoms with Crippen LogP contribution in [0.4, 0.5) is 5.69 Å². The zero-order valence-corrected chi connectivity index (χ0v) is 23.9. The zero-order chi connectivity index (χ0) is 27.9. The number of benzene rings is 3. The van der Waals surface area contributed by atoms with Gasteiger partial charge in [0.05, 0.1) is 20.6 Å². The maximum Gasteiger partial charge on any atom is 0.264 e. The van der Waals surface area contributed by atoms with Gasteiger partial charge in [-0.3, -0.25) is 13.9 Å². The van der Waals surface area contributed by atoms with Crippen LogP contribution in [0.2, 0.25) is 10.0 Å². The molecule has 0 unspecified atom stereocenters. The summed E-state index contributed by atoms with van der Waals surface area (Å²) in [6.07, 6.45) is 0.737. The Morgan fingerprint density at radius 1 is 0.947 bits per heavy atom. The maximum atomic E-state index is 13.9. The second-order valence-corrected chi connectivity index (χ2v) is 11.5. The highest BCUT2D eigenvalue weighted by Crippen LogP contribution is 2.35. The van der Waals surface area contributed by atoms with Gasteiger partial charge >= 0.3 is 0 Å². The van der Waals surface area contributed by atoms with Gasteiger partial charge < -0.3 is 10.2 Å². The molecule has 202 valence electrons. The Kier molecular flexibility index (Phi) is 10.2. The largest absolute Gasteiger partial charge is 0.354 e. The summed E-state index contributed by atoms with van der Waals surface area (Å²) in [6.45, 7) is 5.47. The summed E-state index contributed by atoms with van der Waals surface area (Å²) in [5.41, 5.74) is 1.85. The van der Waals surface area contributed by atoms with Gasteiger partial charge in [0.2, 0.25) is 11.8 Å². The molecule has 0 aliphatic heterocycles. The number of carbonyl (C=O) groups excluding carboxylic acids is 2. The van der Waals surface area contributed by atoms with E-state index < -0.39 is 28.5 Å². The lowest BCUT2D eigenvalue weighted by Gasteiger charge is -2.32. The SMILES string of the molecule is CCCNC(=O)[C@@H](C)N(Cc1ccccc1C)C(=O)CN(c1cccc(Cl)c1Cl)S(=O)(=O)c1ccccc1. The van der Waals surface area contributed by atoms with Crippen LogP contribution in [0.5, 0.6) is 0 Å². The Morgan fingerprint density at radius 2 is 1.61 bits per heavy atom. The van der Waals surface area contributed by atoms with Crippen LogP contribution in [-0.4, -0.2) is 44.3 Å². The molecule has 1 N–H and O–H groups in total. The molecule has 0 radical (unpaired) electrons. The van der Waals surface area contributed by atoms with Crippen LogP contribution in [0, 0.1) is 6.92 Å². The summed E-state index contributed by atoms with van der Waals surface area (Å²) in [6, 6.07) is 19.0. The molecule has 0 heterocycles. The van der Waals surface area contributed by atoms with Crippen molar-refractivity contribution in [2.75, 3.05) is 17.4 Å². The standard InChI is InChI=1S/C28H31Cl2N3O4S/c1-4-17-31-28(35)21(3)32(18-22-12-9-8-11-20(22)2)26(34)19-33(25-16-10-15-24(29)27(25)30)38(36,37)23-13-6-5-7-14-23/h5-16,21H,4,17-19H2,1-3H3,(H,31,35)/t21-/m1/s1. The molecule has 3 aromatic carbocycles. The van der Waals surface area contributed by atoms with E-state index in [4.69, 9.17) is 23.2 Å². The van der Waals surface area contributed by atoms with E-state index in [1.165, 1.54) is 29.2 Å². The van der Waals surface area contributed by atoms with Gasteiger partial charge in [-0.1, -0.05) is 78.7 Å².